The van der Waals surface area contributed by atoms with Crippen molar-refractivity contribution < 1.29 is 29.1 Å². The topological polar surface area (TPSA) is 71.1 Å². The van der Waals surface area contributed by atoms with E-state index in [0.717, 1.165) is 55.6 Å². The summed E-state index contributed by atoms with van der Waals surface area (Å²) in [5.74, 6) is -1.21. The zero-order valence-electron chi connectivity index (χ0n) is 22.4. The van der Waals surface area contributed by atoms with Gasteiger partial charge in [0.15, 0.2) is 0 Å². The molecule has 6 heteroatoms. The van der Waals surface area contributed by atoms with Gasteiger partial charge in [0.1, 0.15) is 0 Å². The molecule has 6 nitrogen and oxygen atoms in total. The summed E-state index contributed by atoms with van der Waals surface area (Å²) in [7, 11) is 0. The van der Waals surface area contributed by atoms with Crippen molar-refractivity contribution in [1.29, 1.82) is 0 Å². The van der Waals surface area contributed by atoms with Gasteiger partial charge in [0.2, 0.25) is 6.29 Å². The SMILES string of the molecule is CCCC(OOC(=O)c1c(C)c(C)c(C)c(C)c1C)OOC(=O)c1c(C)c(C)c(C)c(C)c1C. The van der Waals surface area contributed by atoms with Crippen LogP contribution in [0.5, 0.6) is 0 Å². The molecule has 0 heterocycles. The molecule has 0 atom stereocenters. The highest BCUT2D eigenvalue weighted by Gasteiger charge is 2.25. The first kappa shape index (κ1) is 27.5. The molecular formula is C28H38O6. The molecule has 186 valence electrons. The lowest BCUT2D eigenvalue weighted by Gasteiger charge is -2.20. The van der Waals surface area contributed by atoms with E-state index < -0.39 is 18.2 Å². The van der Waals surface area contributed by atoms with Crippen LogP contribution >= 0.6 is 0 Å². The van der Waals surface area contributed by atoms with E-state index in [0.29, 0.717) is 24.0 Å². The molecule has 0 aliphatic carbocycles. The average Bonchev–Trinajstić information content (AvgIpc) is 2.80. The molecule has 0 unspecified atom stereocenters. The van der Waals surface area contributed by atoms with Gasteiger partial charge >= 0.3 is 11.9 Å². The zero-order chi connectivity index (χ0) is 25.9. The van der Waals surface area contributed by atoms with Crippen LogP contribution in [0, 0.1) is 69.2 Å². The molecule has 0 saturated heterocycles. The highest BCUT2D eigenvalue weighted by molar-refractivity contribution is 5.94. The lowest BCUT2D eigenvalue weighted by molar-refractivity contribution is -0.421. The molecule has 0 spiro atoms. The molecule has 0 aromatic heterocycles. The third-order valence-electron chi connectivity index (χ3n) is 7.39. The van der Waals surface area contributed by atoms with Gasteiger partial charge in [-0.05, 0) is 125 Å². The van der Waals surface area contributed by atoms with Crippen molar-refractivity contribution in [3.8, 4) is 0 Å². The van der Waals surface area contributed by atoms with Gasteiger partial charge < -0.3 is 0 Å². The van der Waals surface area contributed by atoms with Crippen LogP contribution in [0.3, 0.4) is 0 Å². The Balaban J connectivity index is 2.15. The van der Waals surface area contributed by atoms with Crippen molar-refractivity contribution in [3.05, 3.63) is 66.8 Å². The Kier molecular flexibility index (Phi) is 9.03. The van der Waals surface area contributed by atoms with E-state index in [1.807, 2.05) is 76.2 Å². The molecule has 0 fully saturated rings. The summed E-state index contributed by atoms with van der Waals surface area (Å²) in [4.78, 5) is 46.6. The minimum atomic E-state index is -1.04. The van der Waals surface area contributed by atoms with Crippen LogP contribution in [-0.4, -0.2) is 18.2 Å². The summed E-state index contributed by atoms with van der Waals surface area (Å²) < 4.78 is 0. The third-order valence-corrected chi connectivity index (χ3v) is 7.39. The van der Waals surface area contributed by atoms with Crippen molar-refractivity contribution in [2.24, 2.45) is 0 Å². The summed E-state index contributed by atoms with van der Waals surface area (Å²) in [6.45, 7) is 21.5. The number of hydrogen-bond acceptors (Lipinski definition) is 6. The lowest BCUT2D eigenvalue weighted by atomic mass is 9.90. The number of hydrogen-bond donors (Lipinski definition) is 0. The van der Waals surface area contributed by atoms with E-state index in [9.17, 15) is 9.59 Å². The Morgan fingerprint density at radius 2 is 0.794 bits per heavy atom. The highest BCUT2D eigenvalue weighted by Crippen LogP contribution is 2.28. The molecule has 0 N–H and O–H groups in total. The van der Waals surface area contributed by atoms with E-state index >= 15 is 0 Å². The Bertz CT molecular complexity index is 969. The van der Waals surface area contributed by atoms with Gasteiger partial charge in [0.25, 0.3) is 0 Å². The third kappa shape index (κ3) is 5.34. The number of carbonyl (C=O) groups is 2. The molecule has 0 aliphatic heterocycles. The van der Waals surface area contributed by atoms with Crippen molar-refractivity contribution in [2.75, 3.05) is 0 Å². The highest BCUT2D eigenvalue weighted by atomic mass is 17.3. The minimum absolute atomic E-state index is 0.369. The van der Waals surface area contributed by atoms with Crippen LogP contribution in [0.1, 0.15) is 96.1 Å². The molecule has 0 radical (unpaired) electrons. The maximum atomic E-state index is 12.9. The summed E-state index contributed by atoms with van der Waals surface area (Å²) >= 11 is 0. The molecule has 2 aromatic carbocycles. The van der Waals surface area contributed by atoms with Crippen LogP contribution in [0.4, 0.5) is 0 Å². The van der Waals surface area contributed by atoms with Crippen LogP contribution in [0.25, 0.3) is 0 Å². The second-order valence-electron chi connectivity index (χ2n) is 9.15. The standard InChI is InChI=1S/C28H38O6/c1-12-13-24(31-33-27(29)25-20(8)16(4)14(2)17(5)21(25)9)32-34-28(30)26-22(10)18(6)15(3)19(7)23(26)11/h24H,12-13H2,1-11H3. The van der Waals surface area contributed by atoms with Crippen LogP contribution in [0.15, 0.2) is 0 Å². The van der Waals surface area contributed by atoms with Gasteiger partial charge in [0.05, 0.1) is 11.1 Å². The first-order valence-electron chi connectivity index (χ1n) is 11.7. The maximum Gasteiger partial charge on any atom is 0.373 e. The fourth-order valence-corrected chi connectivity index (χ4v) is 4.24. The number of rotatable bonds is 8. The number of carbonyl (C=O) groups excluding carboxylic acids is 2. The van der Waals surface area contributed by atoms with Gasteiger partial charge in [-0.25, -0.2) is 9.59 Å². The first-order chi connectivity index (χ1) is 15.8. The molecule has 0 amide bonds. The van der Waals surface area contributed by atoms with E-state index in [4.69, 9.17) is 19.6 Å². The van der Waals surface area contributed by atoms with Crippen LogP contribution in [-0.2, 0) is 19.6 Å². The minimum Gasteiger partial charge on any atom is -0.290 e. The van der Waals surface area contributed by atoms with Crippen molar-refractivity contribution >= 4 is 11.9 Å². The summed E-state index contributed by atoms with van der Waals surface area (Å²) in [6, 6.07) is 0. The summed E-state index contributed by atoms with van der Waals surface area (Å²) in [5.41, 5.74) is 10.8. The quantitative estimate of drug-likeness (QED) is 0.241. The van der Waals surface area contributed by atoms with Gasteiger partial charge in [-0.3, -0.25) is 9.78 Å². The Morgan fingerprint density at radius 1 is 0.529 bits per heavy atom. The molecule has 0 saturated carbocycles. The average molecular weight is 471 g/mol. The molecule has 2 rings (SSSR count). The van der Waals surface area contributed by atoms with E-state index in [1.165, 1.54) is 0 Å². The van der Waals surface area contributed by atoms with Crippen molar-refractivity contribution in [2.45, 2.75) is 95.3 Å². The van der Waals surface area contributed by atoms with Gasteiger partial charge in [-0.1, -0.05) is 13.3 Å². The zero-order valence-corrected chi connectivity index (χ0v) is 22.4. The Morgan fingerprint density at radius 3 is 1.06 bits per heavy atom. The second kappa shape index (κ2) is 11.2. The summed E-state index contributed by atoms with van der Waals surface area (Å²) in [5, 5.41) is 0. The van der Waals surface area contributed by atoms with Crippen molar-refractivity contribution in [1.82, 2.24) is 0 Å². The Hall–Kier alpha value is -2.70. The van der Waals surface area contributed by atoms with E-state index in [2.05, 4.69) is 0 Å². The molecular weight excluding hydrogens is 432 g/mol. The normalized spacial score (nSPS) is 11.2. The smallest absolute Gasteiger partial charge is 0.290 e. The van der Waals surface area contributed by atoms with Crippen molar-refractivity contribution in [3.63, 3.8) is 0 Å². The molecule has 2 aromatic rings. The number of benzene rings is 2. The van der Waals surface area contributed by atoms with Crippen LogP contribution < -0.4 is 0 Å². The maximum absolute atomic E-state index is 12.9. The predicted octanol–water partition coefficient (Wildman–Crippen LogP) is 6.77. The monoisotopic (exact) mass is 470 g/mol. The van der Waals surface area contributed by atoms with Gasteiger partial charge in [0, 0.05) is 6.42 Å². The van der Waals surface area contributed by atoms with Gasteiger partial charge in [-0.15, -0.1) is 9.78 Å². The van der Waals surface area contributed by atoms with E-state index in [1.54, 1.807) is 0 Å². The van der Waals surface area contributed by atoms with E-state index in [-0.39, 0.29) is 0 Å². The molecule has 0 aliphatic rings. The molecule has 34 heavy (non-hydrogen) atoms. The lowest BCUT2D eigenvalue weighted by Crippen LogP contribution is -2.23. The fourth-order valence-electron chi connectivity index (χ4n) is 4.24. The first-order valence-corrected chi connectivity index (χ1v) is 11.7. The molecule has 0 bridgehead atoms. The Labute approximate surface area is 203 Å². The van der Waals surface area contributed by atoms with Crippen LogP contribution in [0.2, 0.25) is 0 Å². The fraction of sp³-hybridized carbons (Fsp3) is 0.500. The second-order valence-corrected chi connectivity index (χ2v) is 9.15. The summed E-state index contributed by atoms with van der Waals surface area (Å²) in [6.07, 6.45) is -0.00474. The largest absolute Gasteiger partial charge is 0.373 e. The van der Waals surface area contributed by atoms with Gasteiger partial charge in [-0.2, -0.15) is 0 Å². The predicted molar refractivity (Wildman–Crippen MR) is 132 cm³/mol.